The summed E-state index contributed by atoms with van der Waals surface area (Å²) in [6.07, 6.45) is 3.71. The van der Waals surface area contributed by atoms with Crippen LogP contribution < -0.4 is 10.6 Å². The number of aliphatic hydroxyl groups excluding tert-OH is 1. The Kier molecular flexibility index (Phi) is 4.29. The van der Waals surface area contributed by atoms with Crippen molar-refractivity contribution < 1.29 is 5.11 Å². The highest BCUT2D eigenvalue weighted by Crippen LogP contribution is 2.13. The molecule has 1 aromatic rings. The van der Waals surface area contributed by atoms with Gasteiger partial charge in [0.1, 0.15) is 5.01 Å². The highest BCUT2D eigenvalue weighted by Gasteiger charge is 2.21. The molecule has 2 unspecified atom stereocenters. The summed E-state index contributed by atoms with van der Waals surface area (Å²) in [5, 5.41) is 17.2. The summed E-state index contributed by atoms with van der Waals surface area (Å²) in [6, 6.07) is 0.403. The summed E-state index contributed by atoms with van der Waals surface area (Å²) in [5.74, 6) is 0. The molecule has 3 N–H and O–H groups in total. The quantitative estimate of drug-likeness (QED) is 0.703. The van der Waals surface area contributed by atoms with E-state index in [1.807, 2.05) is 6.20 Å². The lowest BCUT2D eigenvalue weighted by Gasteiger charge is -2.09. The Hall–Kier alpha value is -0.490. The Morgan fingerprint density at radius 2 is 2.56 bits per heavy atom. The van der Waals surface area contributed by atoms with E-state index in [2.05, 4.69) is 22.5 Å². The average Bonchev–Trinajstić information content (AvgIpc) is 2.88. The van der Waals surface area contributed by atoms with Crippen molar-refractivity contribution in [2.75, 3.05) is 13.1 Å². The first-order chi connectivity index (χ1) is 7.78. The molecule has 0 saturated carbocycles. The van der Waals surface area contributed by atoms with Gasteiger partial charge in [-0.25, -0.2) is 4.98 Å². The molecule has 2 atom stereocenters. The van der Waals surface area contributed by atoms with E-state index >= 15 is 0 Å². The highest BCUT2D eigenvalue weighted by molar-refractivity contribution is 7.11. The minimum Gasteiger partial charge on any atom is -0.392 e. The van der Waals surface area contributed by atoms with Gasteiger partial charge in [-0.3, -0.25) is 0 Å². The van der Waals surface area contributed by atoms with Gasteiger partial charge in [-0.1, -0.05) is 6.92 Å². The normalized spacial score (nSPS) is 25.1. The molecule has 4 nitrogen and oxygen atoms in total. The molecular formula is C11H19N3OS. The first-order valence-electron chi connectivity index (χ1n) is 5.83. The van der Waals surface area contributed by atoms with Gasteiger partial charge < -0.3 is 15.7 Å². The Labute approximate surface area is 100 Å². The lowest BCUT2D eigenvalue weighted by molar-refractivity contribution is 0.193. The molecule has 1 aromatic heterocycles. The topological polar surface area (TPSA) is 57.2 Å². The van der Waals surface area contributed by atoms with E-state index in [1.54, 1.807) is 11.3 Å². The fourth-order valence-corrected chi connectivity index (χ4v) is 2.73. The molecule has 1 fully saturated rings. The molecule has 0 amide bonds. The first kappa shape index (κ1) is 12.0. The number of nitrogens with one attached hydrogen (secondary N) is 2. The van der Waals surface area contributed by atoms with E-state index in [0.717, 1.165) is 37.5 Å². The van der Waals surface area contributed by atoms with Crippen LogP contribution in [0.25, 0.3) is 0 Å². The van der Waals surface area contributed by atoms with E-state index < -0.39 is 0 Å². The maximum atomic E-state index is 9.35. The number of thiazole rings is 1. The van der Waals surface area contributed by atoms with Crippen LogP contribution in [0.5, 0.6) is 0 Å². The fourth-order valence-electron chi connectivity index (χ4n) is 1.90. The number of aromatic nitrogens is 1. The second kappa shape index (κ2) is 5.72. The molecule has 0 spiro atoms. The monoisotopic (exact) mass is 241 g/mol. The zero-order chi connectivity index (χ0) is 11.4. The largest absolute Gasteiger partial charge is 0.392 e. The predicted octanol–water partition coefficient (Wildman–Crippen LogP) is 0.518. The number of β-amino-alcohol motifs (C(OH)–C–C–N with tert-alkyl or cyclic N) is 1. The van der Waals surface area contributed by atoms with E-state index in [0.29, 0.717) is 6.04 Å². The third-order valence-corrected chi connectivity index (χ3v) is 3.96. The predicted molar refractivity (Wildman–Crippen MR) is 65.6 cm³/mol. The summed E-state index contributed by atoms with van der Waals surface area (Å²) < 4.78 is 0. The summed E-state index contributed by atoms with van der Waals surface area (Å²) in [5.41, 5.74) is 0. The summed E-state index contributed by atoms with van der Waals surface area (Å²) in [6.45, 7) is 4.61. The second-order valence-corrected chi connectivity index (χ2v) is 5.40. The minimum atomic E-state index is -0.168. The molecule has 1 aliphatic heterocycles. The number of rotatable bonds is 5. The van der Waals surface area contributed by atoms with Crippen molar-refractivity contribution in [1.82, 2.24) is 15.6 Å². The summed E-state index contributed by atoms with van der Waals surface area (Å²) in [7, 11) is 0. The third-order valence-electron chi connectivity index (χ3n) is 2.82. The maximum absolute atomic E-state index is 9.35. The Bertz CT molecular complexity index is 329. The van der Waals surface area contributed by atoms with Crippen LogP contribution in [0.3, 0.4) is 0 Å². The molecule has 0 bridgehead atoms. The van der Waals surface area contributed by atoms with Gasteiger partial charge in [0.05, 0.1) is 6.10 Å². The molecular weight excluding hydrogens is 222 g/mol. The molecule has 1 saturated heterocycles. The maximum Gasteiger partial charge on any atom is 0.107 e. The smallest absolute Gasteiger partial charge is 0.107 e. The van der Waals surface area contributed by atoms with Crippen LogP contribution in [0.1, 0.15) is 23.2 Å². The zero-order valence-electron chi connectivity index (χ0n) is 9.57. The Morgan fingerprint density at radius 1 is 1.69 bits per heavy atom. The number of nitrogens with zero attached hydrogens (tertiary/aromatic N) is 1. The highest BCUT2D eigenvalue weighted by atomic mass is 32.1. The van der Waals surface area contributed by atoms with Crippen LogP contribution in [0.2, 0.25) is 0 Å². The molecule has 5 heteroatoms. The standard InChI is InChI=1S/C11H19N3OS/c1-2-10-6-14-11(16-10)7-12-4-8-3-9(15)5-13-8/h6,8-9,12-13,15H,2-5,7H2,1H3. The number of aliphatic hydroxyl groups is 1. The van der Waals surface area contributed by atoms with Gasteiger partial charge in [0.25, 0.3) is 0 Å². The van der Waals surface area contributed by atoms with Crippen molar-refractivity contribution in [1.29, 1.82) is 0 Å². The molecule has 16 heavy (non-hydrogen) atoms. The van der Waals surface area contributed by atoms with E-state index in [4.69, 9.17) is 0 Å². The third kappa shape index (κ3) is 3.25. The van der Waals surface area contributed by atoms with Crippen molar-refractivity contribution >= 4 is 11.3 Å². The van der Waals surface area contributed by atoms with Gasteiger partial charge in [0, 0.05) is 36.8 Å². The molecule has 1 aliphatic rings. The summed E-state index contributed by atoms with van der Waals surface area (Å²) >= 11 is 1.77. The van der Waals surface area contributed by atoms with Crippen LogP contribution in [0, 0.1) is 0 Å². The van der Waals surface area contributed by atoms with Gasteiger partial charge in [-0.2, -0.15) is 0 Å². The van der Waals surface area contributed by atoms with Crippen molar-refractivity contribution in [3.63, 3.8) is 0 Å². The number of aryl methyl sites for hydroxylation is 1. The zero-order valence-corrected chi connectivity index (χ0v) is 10.4. The first-order valence-corrected chi connectivity index (χ1v) is 6.65. The lowest BCUT2D eigenvalue weighted by atomic mass is 10.2. The van der Waals surface area contributed by atoms with Crippen LogP contribution in [-0.2, 0) is 13.0 Å². The van der Waals surface area contributed by atoms with Crippen LogP contribution in [-0.4, -0.2) is 35.3 Å². The van der Waals surface area contributed by atoms with Crippen molar-refractivity contribution in [2.45, 2.75) is 38.5 Å². The van der Waals surface area contributed by atoms with Crippen molar-refractivity contribution in [3.8, 4) is 0 Å². The number of hydrogen-bond acceptors (Lipinski definition) is 5. The van der Waals surface area contributed by atoms with Gasteiger partial charge in [0.2, 0.25) is 0 Å². The molecule has 2 heterocycles. The van der Waals surface area contributed by atoms with Gasteiger partial charge in [0.15, 0.2) is 0 Å². The minimum absolute atomic E-state index is 0.168. The van der Waals surface area contributed by atoms with Gasteiger partial charge in [-0.05, 0) is 12.8 Å². The Balaban J connectivity index is 1.67. The van der Waals surface area contributed by atoms with Crippen LogP contribution in [0.4, 0.5) is 0 Å². The molecule has 0 radical (unpaired) electrons. The average molecular weight is 241 g/mol. The fraction of sp³-hybridized carbons (Fsp3) is 0.727. The molecule has 0 aromatic carbocycles. The van der Waals surface area contributed by atoms with Crippen molar-refractivity contribution in [2.24, 2.45) is 0 Å². The lowest BCUT2D eigenvalue weighted by Crippen LogP contribution is -2.33. The van der Waals surface area contributed by atoms with E-state index in [-0.39, 0.29) is 6.10 Å². The second-order valence-electron chi connectivity index (χ2n) is 4.20. The number of hydrogen-bond donors (Lipinski definition) is 3. The molecule has 90 valence electrons. The SMILES string of the molecule is CCc1cnc(CNCC2CC(O)CN2)s1. The van der Waals surface area contributed by atoms with Gasteiger partial charge in [-0.15, -0.1) is 11.3 Å². The molecule has 2 rings (SSSR count). The summed E-state index contributed by atoms with van der Waals surface area (Å²) in [4.78, 5) is 5.69. The van der Waals surface area contributed by atoms with Crippen LogP contribution >= 0.6 is 11.3 Å². The van der Waals surface area contributed by atoms with Crippen molar-refractivity contribution in [3.05, 3.63) is 16.1 Å². The van der Waals surface area contributed by atoms with Crippen LogP contribution in [0.15, 0.2) is 6.20 Å². The van der Waals surface area contributed by atoms with E-state index in [9.17, 15) is 5.11 Å². The Morgan fingerprint density at radius 3 is 3.19 bits per heavy atom. The van der Waals surface area contributed by atoms with E-state index in [1.165, 1.54) is 4.88 Å². The molecule has 0 aliphatic carbocycles. The van der Waals surface area contributed by atoms with Gasteiger partial charge >= 0.3 is 0 Å².